The van der Waals surface area contributed by atoms with Gasteiger partial charge in [-0.3, -0.25) is 0 Å². The number of benzene rings is 2. The molecule has 0 aliphatic carbocycles. The third-order valence-corrected chi connectivity index (χ3v) is 5.44. The molecule has 0 saturated carbocycles. The molecule has 130 valence electrons. The molecule has 0 N–H and O–H groups in total. The molecule has 0 atom stereocenters. The summed E-state index contributed by atoms with van der Waals surface area (Å²) in [5.41, 5.74) is 3.11. The van der Waals surface area contributed by atoms with Crippen LogP contribution in [0.2, 0.25) is 0 Å². The van der Waals surface area contributed by atoms with E-state index >= 15 is 0 Å². The number of halogens is 1. The lowest BCUT2D eigenvalue weighted by molar-refractivity contribution is 0.630. The van der Waals surface area contributed by atoms with Crippen molar-refractivity contribution in [3.63, 3.8) is 0 Å². The van der Waals surface area contributed by atoms with E-state index < -0.39 is 0 Å². The molecule has 0 fully saturated rings. The molecular weight excluding hydrogens is 412 g/mol. The average molecular weight is 427 g/mol. The van der Waals surface area contributed by atoms with E-state index in [2.05, 4.69) is 48.6 Å². The van der Waals surface area contributed by atoms with Crippen molar-refractivity contribution in [2.45, 2.75) is 10.8 Å². The molecule has 4 aromatic rings. The fraction of sp³-hybridized carbons (Fsp3) is 0.111. The first-order valence-electron chi connectivity index (χ1n) is 7.96. The van der Waals surface area contributed by atoms with Crippen LogP contribution in [0.25, 0.3) is 17.1 Å². The second-order valence-electron chi connectivity index (χ2n) is 5.63. The van der Waals surface area contributed by atoms with E-state index in [0.717, 1.165) is 26.5 Å². The minimum absolute atomic E-state index is 0.575. The van der Waals surface area contributed by atoms with Crippen LogP contribution in [-0.2, 0) is 12.8 Å². The van der Waals surface area contributed by atoms with Crippen molar-refractivity contribution in [2.75, 3.05) is 0 Å². The first-order chi connectivity index (χ1) is 12.7. The molecule has 2 aromatic carbocycles. The third-order valence-electron chi connectivity index (χ3n) is 3.76. The molecule has 0 spiro atoms. The number of hydrogen-bond donors (Lipinski definition) is 0. The Labute approximate surface area is 163 Å². The van der Waals surface area contributed by atoms with E-state index in [4.69, 9.17) is 0 Å². The van der Waals surface area contributed by atoms with Crippen molar-refractivity contribution in [1.82, 2.24) is 30.0 Å². The normalized spacial score (nSPS) is 11.0. The third kappa shape index (κ3) is 3.56. The maximum absolute atomic E-state index is 4.58. The van der Waals surface area contributed by atoms with Gasteiger partial charge in [-0.05, 0) is 35.0 Å². The van der Waals surface area contributed by atoms with Gasteiger partial charge < -0.3 is 0 Å². The van der Waals surface area contributed by atoms with E-state index in [1.54, 1.807) is 25.0 Å². The number of aromatic nitrogens is 6. The zero-order valence-electron chi connectivity index (χ0n) is 14.0. The van der Waals surface area contributed by atoms with E-state index in [0.29, 0.717) is 5.82 Å². The highest BCUT2D eigenvalue weighted by atomic mass is 79.9. The van der Waals surface area contributed by atoms with Crippen LogP contribution in [0.15, 0.2) is 70.3 Å². The Kier molecular flexibility index (Phi) is 4.85. The highest BCUT2D eigenvalue weighted by Crippen LogP contribution is 2.33. The van der Waals surface area contributed by atoms with Crippen LogP contribution >= 0.6 is 27.7 Å². The zero-order valence-corrected chi connectivity index (χ0v) is 16.4. The topological polar surface area (TPSA) is 61.4 Å². The largest absolute Gasteiger partial charge is 0.226 e. The van der Waals surface area contributed by atoms with Crippen molar-refractivity contribution < 1.29 is 0 Å². The maximum atomic E-state index is 4.58. The molecule has 0 aliphatic heterocycles. The first-order valence-corrected chi connectivity index (χ1v) is 9.73. The van der Waals surface area contributed by atoms with Crippen LogP contribution in [0.5, 0.6) is 0 Å². The molecule has 0 aliphatic rings. The van der Waals surface area contributed by atoms with Crippen LogP contribution in [0.1, 0.15) is 5.56 Å². The van der Waals surface area contributed by atoms with Crippen LogP contribution in [0.4, 0.5) is 0 Å². The van der Waals surface area contributed by atoms with Gasteiger partial charge in [0.2, 0.25) is 5.82 Å². The van der Waals surface area contributed by atoms with Crippen molar-refractivity contribution in [3.05, 3.63) is 70.8 Å². The Morgan fingerprint density at radius 2 is 1.81 bits per heavy atom. The Morgan fingerprint density at radius 1 is 1.04 bits per heavy atom. The van der Waals surface area contributed by atoms with E-state index in [-0.39, 0.29) is 0 Å². The minimum atomic E-state index is 0.575. The van der Waals surface area contributed by atoms with Gasteiger partial charge >= 0.3 is 0 Å². The molecule has 0 saturated heterocycles. The molecule has 6 nitrogen and oxygen atoms in total. The van der Waals surface area contributed by atoms with Gasteiger partial charge in [0.1, 0.15) is 5.03 Å². The van der Waals surface area contributed by atoms with Gasteiger partial charge in [-0.25, -0.2) is 4.68 Å². The monoisotopic (exact) mass is 426 g/mol. The summed E-state index contributed by atoms with van der Waals surface area (Å²) in [5.74, 6) is 1.41. The predicted molar refractivity (Wildman–Crippen MR) is 105 cm³/mol. The summed E-state index contributed by atoms with van der Waals surface area (Å²) >= 11 is 5.18. The average Bonchev–Trinajstić information content (AvgIpc) is 3.27. The fourth-order valence-electron chi connectivity index (χ4n) is 2.51. The number of rotatable bonds is 5. The number of hydrogen-bond acceptors (Lipinski definition) is 5. The van der Waals surface area contributed by atoms with Gasteiger partial charge in [-0.1, -0.05) is 46.3 Å². The lowest BCUT2D eigenvalue weighted by Gasteiger charge is -2.09. The summed E-state index contributed by atoms with van der Waals surface area (Å²) in [7, 11) is 1.76. The smallest absolute Gasteiger partial charge is 0.209 e. The summed E-state index contributed by atoms with van der Waals surface area (Å²) in [6, 6.07) is 18.4. The van der Waals surface area contributed by atoms with Gasteiger partial charge in [0, 0.05) is 10.2 Å². The number of nitrogens with zero attached hydrogens (tertiary/aromatic N) is 6. The van der Waals surface area contributed by atoms with Crippen LogP contribution in [0, 0.1) is 0 Å². The Balaban J connectivity index is 1.74. The molecule has 0 unspecified atom stereocenters. The maximum Gasteiger partial charge on any atom is 0.209 e. The molecule has 2 heterocycles. The molecule has 2 aromatic heterocycles. The molecule has 8 heteroatoms. The van der Waals surface area contributed by atoms with E-state index in [9.17, 15) is 0 Å². The molecule has 0 amide bonds. The first kappa shape index (κ1) is 17.0. The summed E-state index contributed by atoms with van der Waals surface area (Å²) in [6.45, 7) is 0. The van der Waals surface area contributed by atoms with Crippen molar-refractivity contribution >= 4 is 27.7 Å². The van der Waals surface area contributed by atoms with Crippen LogP contribution in [0.3, 0.4) is 0 Å². The van der Waals surface area contributed by atoms with Gasteiger partial charge in [-0.15, -0.1) is 22.0 Å². The van der Waals surface area contributed by atoms with E-state index in [1.165, 1.54) is 10.4 Å². The molecule has 0 radical (unpaired) electrons. The van der Waals surface area contributed by atoms with E-state index in [1.807, 2.05) is 47.1 Å². The fourth-order valence-corrected chi connectivity index (χ4v) is 3.85. The summed E-state index contributed by atoms with van der Waals surface area (Å²) in [4.78, 5) is 1.46. The number of aryl methyl sites for hydroxylation is 1. The molecule has 0 bridgehead atoms. The minimum Gasteiger partial charge on any atom is -0.226 e. The molecular formula is C18H15BrN6S. The molecule has 26 heavy (non-hydrogen) atoms. The predicted octanol–water partition coefficient (Wildman–Crippen LogP) is 4.12. The van der Waals surface area contributed by atoms with Gasteiger partial charge in [0.15, 0.2) is 0 Å². The zero-order chi connectivity index (χ0) is 17.9. The SMILES string of the molecule is Cn1nnc(-c2cnn(-c3ccc(Br)cc3)c2SCc2ccccc2)n1. The summed E-state index contributed by atoms with van der Waals surface area (Å²) in [5, 5.41) is 18.0. The van der Waals surface area contributed by atoms with Gasteiger partial charge in [-0.2, -0.15) is 9.90 Å². The standard InChI is InChI=1S/C18H15BrN6S/c1-24-22-17(21-23-24)16-11-20-25(15-9-7-14(19)8-10-15)18(16)26-12-13-5-3-2-4-6-13/h2-11H,12H2,1H3. The summed E-state index contributed by atoms with van der Waals surface area (Å²) < 4.78 is 2.95. The summed E-state index contributed by atoms with van der Waals surface area (Å²) in [6.07, 6.45) is 1.80. The highest BCUT2D eigenvalue weighted by molar-refractivity contribution is 9.10. The van der Waals surface area contributed by atoms with Crippen LogP contribution in [-0.4, -0.2) is 30.0 Å². The van der Waals surface area contributed by atoms with Crippen molar-refractivity contribution in [3.8, 4) is 17.1 Å². The molecule has 4 rings (SSSR count). The quantitative estimate of drug-likeness (QED) is 0.449. The van der Waals surface area contributed by atoms with Crippen molar-refractivity contribution in [1.29, 1.82) is 0 Å². The second-order valence-corrected chi connectivity index (χ2v) is 7.51. The Hall–Kier alpha value is -2.45. The number of tetrazole rings is 1. The highest BCUT2D eigenvalue weighted by Gasteiger charge is 2.18. The lowest BCUT2D eigenvalue weighted by Crippen LogP contribution is -1.99. The van der Waals surface area contributed by atoms with Gasteiger partial charge in [0.05, 0.1) is 24.5 Å². The number of thioether (sulfide) groups is 1. The van der Waals surface area contributed by atoms with Gasteiger partial charge in [0.25, 0.3) is 0 Å². The Bertz CT molecular complexity index is 1010. The second kappa shape index (κ2) is 7.43. The lowest BCUT2D eigenvalue weighted by atomic mass is 10.2. The Morgan fingerprint density at radius 3 is 2.50 bits per heavy atom. The van der Waals surface area contributed by atoms with Crippen molar-refractivity contribution in [2.24, 2.45) is 7.05 Å². The van der Waals surface area contributed by atoms with Crippen LogP contribution < -0.4 is 0 Å².